The molecule has 3 aromatic rings. The Kier molecular flexibility index (Phi) is 6.97. The van der Waals surface area contributed by atoms with Gasteiger partial charge in [0.15, 0.2) is 0 Å². The molecule has 0 aliphatic carbocycles. The number of amides is 1. The fourth-order valence-electron chi connectivity index (χ4n) is 3.08. The van der Waals surface area contributed by atoms with Gasteiger partial charge in [-0.25, -0.2) is 4.39 Å². The molecular weight excluding hydrogens is 371 g/mol. The quantitative estimate of drug-likeness (QED) is 0.613. The van der Waals surface area contributed by atoms with Crippen LogP contribution >= 0.6 is 0 Å². The molecule has 0 unspecified atom stereocenters. The Balaban J connectivity index is 1.86. The first-order valence-electron chi connectivity index (χ1n) is 9.44. The Labute approximate surface area is 168 Å². The third-order valence-electron chi connectivity index (χ3n) is 4.52. The van der Waals surface area contributed by atoms with E-state index in [1.54, 1.807) is 42.9 Å². The minimum Gasteiger partial charge on any atom is -0.395 e. The standard InChI is InChI=1S/C22H23FN4O2/c1-15(16-2-4-18(23)5-3-16)10-19-11-17(22(29)26-8-9-28)12-20(27-19)13-21-14-24-6-7-25-21/h2-7,11-12,14-15,28H,8-10,13H2,1H3,(H,26,29)/t15-/m1/s1. The molecule has 2 aromatic heterocycles. The molecule has 0 radical (unpaired) electrons. The molecule has 1 aromatic carbocycles. The number of nitrogens with one attached hydrogen (secondary N) is 1. The number of aliphatic hydroxyl groups is 1. The number of halogens is 1. The van der Waals surface area contributed by atoms with E-state index in [9.17, 15) is 9.18 Å². The third kappa shape index (κ3) is 5.89. The fourth-order valence-corrected chi connectivity index (χ4v) is 3.08. The molecule has 0 spiro atoms. The predicted molar refractivity (Wildman–Crippen MR) is 107 cm³/mol. The second-order valence-corrected chi connectivity index (χ2v) is 6.85. The van der Waals surface area contributed by atoms with Gasteiger partial charge in [-0.1, -0.05) is 19.1 Å². The second-order valence-electron chi connectivity index (χ2n) is 6.85. The van der Waals surface area contributed by atoms with Gasteiger partial charge in [0, 0.05) is 48.5 Å². The van der Waals surface area contributed by atoms with Crippen LogP contribution in [0.5, 0.6) is 0 Å². The van der Waals surface area contributed by atoms with Crippen LogP contribution in [0.2, 0.25) is 0 Å². The third-order valence-corrected chi connectivity index (χ3v) is 4.52. The summed E-state index contributed by atoms with van der Waals surface area (Å²) in [5, 5.41) is 11.6. The van der Waals surface area contributed by atoms with E-state index in [4.69, 9.17) is 10.1 Å². The highest BCUT2D eigenvalue weighted by molar-refractivity contribution is 5.94. The average Bonchev–Trinajstić information content (AvgIpc) is 2.73. The molecule has 0 fully saturated rings. The maximum Gasteiger partial charge on any atom is 0.251 e. The number of benzene rings is 1. The maximum atomic E-state index is 13.2. The topological polar surface area (TPSA) is 88.0 Å². The van der Waals surface area contributed by atoms with Gasteiger partial charge in [-0.05, 0) is 42.2 Å². The van der Waals surface area contributed by atoms with Crippen LogP contribution in [0.15, 0.2) is 55.0 Å². The number of carbonyl (C=O) groups excluding carboxylic acids is 1. The number of aliphatic hydroxyl groups excluding tert-OH is 1. The normalized spacial score (nSPS) is 11.8. The first kappa shape index (κ1) is 20.5. The molecule has 2 heterocycles. The van der Waals surface area contributed by atoms with E-state index in [0.29, 0.717) is 24.1 Å². The van der Waals surface area contributed by atoms with Crippen LogP contribution in [-0.2, 0) is 12.8 Å². The SMILES string of the molecule is C[C@H](Cc1cc(C(=O)NCCO)cc(Cc2cnccn2)n1)c1ccc(F)cc1. The first-order valence-corrected chi connectivity index (χ1v) is 9.44. The van der Waals surface area contributed by atoms with E-state index in [0.717, 1.165) is 17.0 Å². The number of hydrogen-bond donors (Lipinski definition) is 2. The molecular formula is C22H23FN4O2. The molecule has 29 heavy (non-hydrogen) atoms. The minimum absolute atomic E-state index is 0.100. The zero-order valence-electron chi connectivity index (χ0n) is 16.2. The van der Waals surface area contributed by atoms with Crippen molar-refractivity contribution in [3.63, 3.8) is 0 Å². The van der Waals surface area contributed by atoms with Crippen molar-refractivity contribution in [2.24, 2.45) is 0 Å². The van der Waals surface area contributed by atoms with Crippen molar-refractivity contribution in [1.82, 2.24) is 20.3 Å². The van der Waals surface area contributed by atoms with Crippen LogP contribution in [0.1, 0.15) is 45.8 Å². The summed E-state index contributed by atoms with van der Waals surface area (Å²) in [6.07, 6.45) is 5.93. The predicted octanol–water partition coefficient (Wildman–Crippen LogP) is 2.67. The summed E-state index contributed by atoms with van der Waals surface area (Å²) in [6, 6.07) is 9.89. The molecule has 0 bridgehead atoms. The zero-order valence-corrected chi connectivity index (χ0v) is 16.2. The summed E-state index contributed by atoms with van der Waals surface area (Å²) in [6.45, 7) is 2.09. The Hall–Kier alpha value is -3.19. The van der Waals surface area contributed by atoms with Gasteiger partial charge in [-0.3, -0.25) is 19.7 Å². The van der Waals surface area contributed by atoms with Crippen molar-refractivity contribution in [3.05, 3.63) is 89.0 Å². The van der Waals surface area contributed by atoms with Crippen LogP contribution in [0.25, 0.3) is 0 Å². The highest BCUT2D eigenvalue weighted by Gasteiger charge is 2.14. The van der Waals surface area contributed by atoms with Crippen molar-refractivity contribution in [3.8, 4) is 0 Å². The lowest BCUT2D eigenvalue weighted by atomic mass is 9.95. The summed E-state index contributed by atoms with van der Waals surface area (Å²) < 4.78 is 13.2. The van der Waals surface area contributed by atoms with E-state index in [1.807, 2.05) is 6.92 Å². The smallest absolute Gasteiger partial charge is 0.251 e. The fraction of sp³-hybridized carbons (Fsp3) is 0.273. The van der Waals surface area contributed by atoms with Crippen molar-refractivity contribution in [2.75, 3.05) is 13.2 Å². The van der Waals surface area contributed by atoms with E-state index in [2.05, 4.69) is 15.3 Å². The molecule has 0 aliphatic rings. The molecule has 1 atom stereocenters. The highest BCUT2D eigenvalue weighted by Crippen LogP contribution is 2.21. The molecule has 2 N–H and O–H groups in total. The number of nitrogens with zero attached hydrogens (tertiary/aromatic N) is 3. The maximum absolute atomic E-state index is 13.2. The van der Waals surface area contributed by atoms with Crippen LogP contribution in [0.3, 0.4) is 0 Å². The number of aromatic nitrogens is 3. The Morgan fingerprint density at radius 1 is 1.14 bits per heavy atom. The van der Waals surface area contributed by atoms with E-state index in [1.165, 1.54) is 12.1 Å². The lowest BCUT2D eigenvalue weighted by molar-refractivity contribution is 0.0944. The molecule has 150 valence electrons. The number of rotatable bonds is 8. The molecule has 3 rings (SSSR count). The highest BCUT2D eigenvalue weighted by atomic mass is 19.1. The Morgan fingerprint density at radius 3 is 2.59 bits per heavy atom. The lowest BCUT2D eigenvalue weighted by Crippen LogP contribution is -2.26. The van der Waals surface area contributed by atoms with Crippen LogP contribution < -0.4 is 5.32 Å². The van der Waals surface area contributed by atoms with Crippen molar-refractivity contribution in [2.45, 2.75) is 25.7 Å². The Bertz CT molecular complexity index is 949. The van der Waals surface area contributed by atoms with E-state index < -0.39 is 0 Å². The van der Waals surface area contributed by atoms with Crippen LogP contribution in [-0.4, -0.2) is 39.1 Å². The average molecular weight is 394 g/mol. The van der Waals surface area contributed by atoms with Crippen molar-refractivity contribution >= 4 is 5.91 Å². The van der Waals surface area contributed by atoms with E-state index >= 15 is 0 Å². The van der Waals surface area contributed by atoms with Gasteiger partial charge in [0.05, 0.1) is 12.3 Å². The molecule has 0 saturated carbocycles. The summed E-state index contributed by atoms with van der Waals surface area (Å²) >= 11 is 0. The van der Waals surface area contributed by atoms with Gasteiger partial charge in [0.1, 0.15) is 5.82 Å². The van der Waals surface area contributed by atoms with Gasteiger partial charge >= 0.3 is 0 Å². The lowest BCUT2D eigenvalue weighted by Gasteiger charge is -2.14. The molecule has 1 amide bonds. The van der Waals surface area contributed by atoms with Gasteiger partial charge in [0.2, 0.25) is 0 Å². The molecule has 0 saturated heterocycles. The number of carbonyl (C=O) groups is 1. The molecule has 7 heteroatoms. The minimum atomic E-state index is -0.270. The van der Waals surface area contributed by atoms with Crippen molar-refractivity contribution < 1.29 is 14.3 Å². The summed E-state index contributed by atoms with van der Waals surface area (Å²) in [7, 11) is 0. The zero-order chi connectivity index (χ0) is 20.6. The summed E-state index contributed by atoms with van der Waals surface area (Å²) in [5.41, 5.74) is 3.71. The van der Waals surface area contributed by atoms with Crippen LogP contribution in [0, 0.1) is 5.82 Å². The van der Waals surface area contributed by atoms with E-state index in [-0.39, 0.29) is 30.8 Å². The second kappa shape index (κ2) is 9.84. The number of pyridine rings is 1. The summed E-state index contributed by atoms with van der Waals surface area (Å²) in [4.78, 5) is 25.5. The van der Waals surface area contributed by atoms with Gasteiger partial charge in [-0.2, -0.15) is 0 Å². The monoisotopic (exact) mass is 394 g/mol. The molecule has 6 nitrogen and oxygen atoms in total. The first-order chi connectivity index (χ1) is 14.0. The Morgan fingerprint density at radius 2 is 1.90 bits per heavy atom. The summed E-state index contributed by atoms with van der Waals surface area (Å²) in [5.74, 6) is -0.436. The largest absolute Gasteiger partial charge is 0.395 e. The number of hydrogen-bond acceptors (Lipinski definition) is 5. The van der Waals surface area contributed by atoms with Gasteiger partial charge in [0.25, 0.3) is 5.91 Å². The van der Waals surface area contributed by atoms with Gasteiger partial charge < -0.3 is 10.4 Å². The van der Waals surface area contributed by atoms with Crippen LogP contribution in [0.4, 0.5) is 4.39 Å². The van der Waals surface area contributed by atoms with Crippen molar-refractivity contribution in [1.29, 1.82) is 0 Å². The van der Waals surface area contributed by atoms with Gasteiger partial charge in [-0.15, -0.1) is 0 Å². The molecule has 0 aliphatic heterocycles.